The number of carbonyl (C=O) groups is 2. The fraction of sp³-hybridized carbons (Fsp3) is 0.867. The monoisotopic (exact) mass is 268 g/mol. The second kappa shape index (κ2) is 8.31. The van der Waals surface area contributed by atoms with Gasteiger partial charge in [-0.05, 0) is 45.2 Å². The molecule has 1 N–H and O–H groups in total. The van der Waals surface area contributed by atoms with Crippen molar-refractivity contribution < 1.29 is 9.59 Å². The van der Waals surface area contributed by atoms with E-state index in [4.69, 9.17) is 0 Å². The molecule has 1 aliphatic rings. The van der Waals surface area contributed by atoms with Crippen molar-refractivity contribution in [3.63, 3.8) is 0 Å². The molecule has 0 radical (unpaired) electrons. The predicted molar refractivity (Wildman–Crippen MR) is 76.9 cm³/mol. The molecule has 19 heavy (non-hydrogen) atoms. The topological polar surface area (TPSA) is 49.4 Å². The largest absolute Gasteiger partial charge is 0.354 e. The zero-order valence-corrected chi connectivity index (χ0v) is 12.6. The summed E-state index contributed by atoms with van der Waals surface area (Å²) in [5, 5.41) is 2.92. The van der Waals surface area contributed by atoms with E-state index in [1.54, 1.807) is 0 Å². The van der Waals surface area contributed by atoms with Gasteiger partial charge >= 0.3 is 0 Å². The van der Waals surface area contributed by atoms with Gasteiger partial charge in [0.2, 0.25) is 5.91 Å². The number of nitrogens with one attached hydrogen (secondary N) is 1. The minimum atomic E-state index is -0.471. The standard InChI is InChI=1S/C15H28N2O2/c1-12(2)11-14(13(3)18)15(19)16-7-10-17-8-5-4-6-9-17/h12,14H,4-11H2,1-3H3,(H,16,19). The van der Waals surface area contributed by atoms with Gasteiger partial charge in [0.05, 0.1) is 5.92 Å². The van der Waals surface area contributed by atoms with E-state index >= 15 is 0 Å². The van der Waals surface area contributed by atoms with E-state index in [1.165, 1.54) is 26.2 Å². The second-order valence-corrected chi connectivity index (χ2v) is 5.99. The lowest BCUT2D eigenvalue weighted by atomic mass is 9.93. The number of Topliss-reactive ketones (excluding diaryl/α,β-unsaturated/α-hetero) is 1. The van der Waals surface area contributed by atoms with E-state index in [2.05, 4.69) is 10.2 Å². The van der Waals surface area contributed by atoms with Crippen LogP contribution in [0.5, 0.6) is 0 Å². The number of amides is 1. The van der Waals surface area contributed by atoms with E-state index in [-0.39, 0.29) is 11.7 Å². The number of ketones is 1. The molecule has 1 atom stereocenters. The first-order chi connectivity index (χ1) is 9.00. The van der Waals surface area contributed by atoms with Crippen LogP contribution in [-0.4, -0.2) is 42.8 Å². The van der Waals surface area contributed by atoms with Gasteiger partial charge in [0.25, 0.3) is 0 Å². The van der Waals surface area contributed by atoms with E-state index in [1.807, 2.05) is 13.8 Å². The van der Waals surface area contributed by atoms with Crippen molar-refractivity contribution in [1.29, 1.82) is 0 Å². The third-order valence-corrected chi connectivity index (χ3v) is 3.69. The molecule has 1 fully saturated rings. The summed E-state index contributed by atoms with van der Waals surface area (Å²) in [5.74, 6) is -0.231. The maximum absolute atomic E-state index is 12.0. The van der Waals surface area contributed by atoms with Gasteiger partial charge in [-0.2, -0.15) is 0 Å². The Kier molecular flexibility index (Phi) is 7.06. The molecule has 1 rings (SSSR count). The Morgan fingerprint density at radius 1 is 1.16 bits per heavy atom. The molecule has 0 aromatic rings. The van der Waals surface area contributed by atoms with Crippen molar-refractivity contribution in [2.24, 2.45) is 11.8 Å². The molecule has 0 saturated carbocycles. The molecule has 4 heteroatoms. The van der Waals surface area contributed by atoms with Crippen LogP contribution in [0.25, 0.3) is 0 Å². The molecule has 0 aliphatic carbocycles. The van der Waals surface area contributed by atoms with Gasteiger partial charge in [-0.3, -0.25) is 9.59 Å². The summed E-state index contributed by atoms with van der Waals surface area (Å²) >= 11 is 0. The number of rotatable bonds is 7. The summed E-state index contributed by atoms with van der Waals surface area (Å²) < 4.78 is 0. The summed E-state index contributed by atoms with van der Waals surface area (Å²) in [6.07, 6.45) is 4.49. The Morgan fingerprint density at radius 3 is 2.32 bits per heavy atom. The first-order valence-corrected chi connectivity index (χ1v) is 7.51. The highest BCUT2D eigenvalue weighted by Gasteiger charge is 2.24. The SMILES string of the molecule is CC(=O)C(CC(C)C)C(=O)NCCN1CCCCC1. The average molecular weight is 268 g/mol. The predicted octanol–water partition coefficient (Wildman–Crippen LogP) is 1.84. The number of carbonyl (C=O) groups excluding carboxylic acids is 2. The first kappa shape index (κ1) is 16.2. The van der Waals surface area contributed by atoms with E-state index < -0.39 is 5.92 Å². The molecular weight excluding hydrogens is 240 g/mol. The van der Waals surface area contributed by atoms with Crippen molar-refractivity contribution in [3.8, 4) is 0 Å². The van der Waals surface area contributed by atoms with Gasteiger partial charge in [0.1, 0.15) is 5.78 Å². The lowest BCUT2D eigenvalue weighted by Gasteiger charge is -2.26. The summed E-state index contributed by atoms with van der Waals surface area (Å²) in [5.41, 5.74) is 0. The Morgan fingerprint density at radius 2 is 1.79 bits per heavy atom. The molecule has 1 aliphatic heterocycles. The van der Waals surface area contributed by atoms with Crippen LogP contribution in [0.2, 0.25) is 0 Å². The summed E-state index contributed by atoms with van der Waals surface area (Å²) in [6.45, 7) is 9.42. The van der Waals surface area contributed by atoms with Gasteiger partial charge in [0, 0.05) is 13.1 Å². The molecular formula is C15H28N2O2. The van der Waals surface area contributed by atoms with Gasteiger partial charge in [-0.25, -0.2) is 0 Å². The second-order valence-electron chi connectivity index (χ2n) is 5.99. The number of hydrogen-bond acceptors (Lipinski definition) is 3. The zero-order chi connectivity index (χ0) is 14.3. The van der Waals surface area contributed by atoms with Crippen LogP contribution >= 0.6 is 0 Å². The molecule has 0 spiro atoms. The summed E-state index contributed by atoms with van der Waals surface area (Å²) in [6, 6.07) is 0. The fourth-order valence-corrected chi connectivity index (χ4v) is 2.57. The Bertz CT molecular complexity index is 297. The van der Waals surface area contributed by atoms with Crippen molar-refractivity contribution in [1.82, 2.24) is 10.2 Å². The Labute approximate surface area is 116 Å². The van der Waals surface area contributed by atoms with Crippen LogP contribution < -0.4 is 5.32 Å². The fourth-order valence-electron chi connectivity index (χ4n) is 2.57. The molecule has 1 heterocycles. The Hall–Kier alpha value is -0.900. The summed E-state index contributed by atoms with van der Waals surface area (Å²) in [7, 11) is 0. The maximum Gasteiger partial charge on any atom is 0.230 e. The molecule has 1 saturated heterocycles. The number of nitrogens with zero attached hydrogens (tertiary/aromatic N) is 1. The molecule has 1 amide bonds. The van der Waals surface area contributed by atoms with Crippen LogP contribution in [0.4, 0.5) is 0 Å². The summed E-state index contributed by atoms with van der Waals surface area (Å²) in [4.78, 5) is 25.9. The van der Waals surface area contributed by atoms with Crippen molar-refractivity contribution in [2.75, 3.05) is 26.2 Å². The molecule has 4 nitrogen and oxygen atoms in total. The van der Waals surface area contributed by atoms with Gasteiger partial charge < -0.3 is 10.2 Å². The normalized spacial score (nSPS) is 18.3. The zero-order valence-electron chi connectivity index (χ0n) is 12.6. The lowest BCUT2D eigenvalue weighted by molar-refractivity contribution is -0.133. The van der Waals surface area contributed by atoms with Crippen molar-refractivity contribution in [2.45, 2.75) is 46.5 Å². The van der Waals surface area contributed by atoms with E-state index in [0.29, 0.717) is 18.9 Å². The molecule has 0 bridgehead atoms. The van der Waals surface area contributed by atoms with Crippen LogP contribution in [-0.2, 0) is 9.59 Å². The van der Waals surface area contributed by atoms with Crippen LogP contribution in [0.3, 0.4) is 0 Å². The third kappa shape index (κ3) is 6.19. The third-order valence-electron chi connectivity index (χ3n) is 3.69. The number of piperidine rings is 1. The van der Waals surface area contributed by atoms with Gasteiger partial charge in [-0.1, -0.05) is 20.3 Å². The molecule has 0 aromatic heterocycles. The smallest absolute Gasteiger partial charge is 0.230 e. The number of hydrogen-bond donors (Lipinski definition) is 1. The molecule has 110 valence electrons. The minimum absolute atomic E-state index is 0.0239. The minimum Gasteiger partial charge on any atom is -0.354 e. The van der Waals surface area contributed by atoms with E-state index in [0.717, 1.165) is 19.6 Å². The highest BCUT2D eigenvalue weighted by atomic mass is 16.2. The van der Waals surface area contributed by atoms with Crippen LogP contribution in [0, 0.1) is 11.8 Å². The Balaban J connectivity index is 2.29. The van der Waals surface area contributed by atoms with Gasteiger partial charge in [0.15, 0.2) is 0 Å². The van der Waals surface area contributed by atoms with Gasteiger partial charge in [-0.15, -0.1) is 0 Å². The maximum atomic E-state index is 12.0. The average Bonchev–Trinajstić information content (AvgIpc) is 2.36. The highest BCUT2D eigenvalue weighted by molar-refractivity contribution is 6.00. The van der Waals surface area contributed by atoms with E-state index in [9.17, 15) is 9.59 Å². The molecule has 0 aromatic carbocycles. The highest BCUT2D eigenvalue weighted by Crippen LogP contribution is 2.13. The quantitative estimate of drug-likeness (QED) is 0.717. The molecule has 1 unspecified atom stereocenters. The van der Waals surface area contributed by atoms with Crippen LogP contribution in [0.15, 0.2) is 0 Å². The first-order valence-electron chi connectivity index (χ1n) is 7.51. The van der Waals surface area contributed by atoms with Crippen LogP contribution in [0.1, 0.15) is 46.5 Å². The number of likely N-dealkylation sites (tertiary alicyclic amines) is 1. The van der Waals surface area contributed by atoms with Crippen molar-refractivity contribution in [3.05, 3.63) is 0 Å². The van der Waals surface area contributed by atoms with Crippen molar-refractivity contribution >= 4 is 11.7 Å². The lowest BCUT2D eigenvalue weighted by Crippen LogP contribution is -2.41.